The molecular formula is C14H23NO2. The molecule has 0 aromatic carbocycles. The lowest BCUT2D eigenvalue weighted by Gasteiger charge is -2.20. The van der Waals surface area contributed by atoms with Crippen LogP contribution < -0.4 is 0 Å². The smallest absolute Gasteiger partial charge is 0.0807 e. The molecule has 17 heavy (non-hydrogen) atoms. The van der Waals surface area contributed by atoms with Gasteiger partial charge in [0, 0.05) is 23.5 Å². The second kappa shape index (κ2) is 5.23. The maximum absolute atomic E-state index is 9.97. The Labute approximate surface area is 103 Å². The average Bonchev–Trinajstić information content (AvgIpc) is 2.57. The number of aliphatic hydroxyl groups excluding tert-OH is 1. The first-order valence-electron chi connectivity index (χ1n) is 6.58. The fourth-order valence-electron chi connectivity index (χ4n) is 2.63. The van der Waals surface area contributed by atoms with Gasteiger partial charge < -0.3 is 14.4 Å². The van der Waals surface area contributed by atoms with Crippen LogP contribution in [-0.2, 0) is 17.7 Å². The molecule has 1 atom stereocenters. The minimum absolute atomic E-state index is 0.260. The summed E-state index contributed by atoms with van der Waals surface area (Å²) in [5.74, 6) is 0. The van der Waals surface area contributed by atoms with Crippen LogP contribution in [-0.4, -0.2) is 22.4 Å². The molecule has 1 aliphatic carbocycles. The van der Waals surface area contributed by atoms with Crippen molar-refractivity contribution in [3.8, 4) is 0 Å². The lowest BCUT2D eigenvalue weighted by atomic mass is 9.95. The second-order valence-corrected chi connectivity index (χ2v) is 5.17. The standard InChI is InChI=1S/C14H23NO2/c1-10(2)17-8-7-15-11(3)9-12-13(15)5-4-6-14(12)16/h9-10,14,16H,4-8H2,1-3H3. The third-order valence-corrected chi connectivity index (χ3v) is 3.47. The van der Waals surface area contributed by atoms with Crippen LogP contribution in [0.3, 0.4) is 0 Å². The largest absolute Gasteiger partial charge is 0.388 e. The van der Waals surface area contributed by atoms with E-state index in [0.717, 1.165) is 38.0 Å². The lowest BCUT2D eigenvalue weighted by Crippen LogP contribution is -2.16. The van der Waals surface area contributed by atoms with Crippen molar-refractivity contribution < 1.29 is 9.84 Å². The summed E-state index contributed by atoms with van der Waals surface area (Å²) >= 11 is 0. The lowest BCUT2D eigenvalue weighted by molar-refractivity contribution is 0.0717. The van der Waals surface area contributed by atoms with Crippen LogP contribution in [0.5, 0.6) is 0 Å². The monoisotopic (exact) mass is 237 g/mol. The first-order valence-corrected chi connectivity index (χ1v) is 6.58. The van der Waals surface area contributed by atoms with Crippen molar-refractivity contribution in [2.45, 2.75) is 58.8 Å². The van der Waals surface area contributed by atoms with Gasteiger partial charge in [0.1, 0.15) is 0 Å². The van der Waals surface area contributed by atoms with E-state index in [1.165, 1.54) is 11.4 Å². The van der Waals surface area contributed by atoms with Gasteiger partial charge in [-0.15, -0.1) is 0 Å². The predicted molar refractivity (Wildman–Crippen MR) is 68.2 cm³/mol. The van der Waals surface area contributed by atoms with E-state index in [2.05, 4.69) is 31.4 Å². The molecule has 0 bridgehead atoms. The van der Waals surface area contributed by atoms with Crippen molar-refractivity contribution in [3.05, 3.63) is 23.0 Å². The van der Waals surface area contributed by atoms with E-state index in [1.807, 2.05) is 0 Å². The van der Waals surface area contributed by atoms with Crippen LogP contribution in [0.4, 0.5) is 0 Å². The Kier molecular flexibility index (Phi) is 3.89. The molecule has 96 valence electrons. The predicted octanol–water partition coefficient (Wildman–Crippen LogP) is 2.59. The van der Waals surface area contributed by atoms with E-state index in [4.69, 9.17) is 4.74 Å². The Hall–Kier alpha value is -0.800. The molecule has 1 heterocycles. The van der Waals surface area contributed by atoms with E-state index in [9.17, 15) is 5.11 Å². The quantitative estimate of drug-likeness (QED) is 0.873. The summed E-state index contributed by atoms with van der Waals surface area (Å²) in [6.07, 6.45) is 3.10. The van der Waals surface area contributed by atoms with Gasteiger partial charge in [0.05, 0.1) is 18.8 Å². The molecule has 1 unspecified atom stereocenters. The van der Waals surface area contributed by atoms with Crippen molar-refractivity contribution in [2.24, 2.45) is 0 Å². The SMILES string of the molecule is Cc1cc2c(n1CCOC(C)C)CCCC2O. The molecule has 0 saturated heterocycles. The molecule has 0 fully saturated rings. The molecule has 3 heteroatoms. The van der Waals surface area contributed by atoms with Crippen LogP contribution in [0, 0.1) is 6.92 Å². The number of fused-ring (bicyclic) bond motifs is 1. The minimum Gasteiger partial charge on any atom is -0.388 e. The van der Waals surface area contributed by atoms with Crippen LogP contribution in [0.1, 0.15) is 49.7 Å². The molecule has 0 aliphatic heterocycles. The molecule has 0 radical (unpaired) electrons. The third-order valence-electron chi connectivity index (χ3n) is 3.47. The van der Waals surface area contributed by atoms with Crippen molar-refractivity contribution in [3.63, 3.8) is 0 Å². The normalized spacial score (nSPS) is 19.7. The number of aryl methyl sites for hydroxylation is 1. The van der Waals surface area contributed by atoms with Gasteiger partial charge in [-0.1, -0.05) is 0 Å². The van der Waals surface area contributed by atoms with Gasteiger partial charge in [-0.25, -0.2) is 0 Å². The Balaban J connectivity index is 2.11. The first kappa shape index (κ1) is 12.7. The van der Waals surface area contributed by atoms with E-state index in [-0.39, 0.29) is 12.2 Å². The van der Waals surface area contributed by atoms with Crippen molar-refractivity contribution in [1.82, 2.24) is 4.57 Å². The Morgan fingerprint density at radius 1 is 1.53 bits per heavy atom. The number of nitrogens with zero attached hydrogens (tertiary/aromatic N) is 1. The highest BCUT2D eigenvalue weighted by atomic mass is 16.5. The molecule has 3 nitrogen and oxygen atoms in total. The molecule has 1 aromatic heterocycles. The zero-order valence-electron chi connectivity index (χ0n) is 11.1. The van der Waals surface area contributed by atoms with Crippen molar-refractivity contribution in [2.75, 3.05) is 6.61 Å². The maximum Gasteiger partial charge on any atom is 0.0807 e. The summed E-state index contributed by atoms with van der Waals surface area (Å²) in [7, 11) is 0. The maximum atomic E-state index is 9.97. The highest BCUT2D eigenvalue weighted by Gasteiger charge is 2.22. The summed E-state index contributed by atoms with van der Waals surface area (Å²) in [5.41, 5.74) is 3.69. The molecule has 0 amide bonds. The molecule has 1 aliphatic rings. The third kappa shape index (κ3) is 2.72. The molecule has 1 N–H and O–H groups in total. The van der Waals surface area contributed by atoms with E-state index >= 15 is 0 Å². The zero-order valence-corrected chi connectivity index (χ0v) is 11.1. The zero-order chi connectivity index (χ0) is 12.4. The number of ether oxygens (including phenoxy) is 1. The number of hydrogen-bond acceptors (Lipinski definition) is 2. The Morgan fingerprint density at radius 3 is 3.00 bits per heavy atom. The molecule has 1 aromatic rings. The summed E-state index contributed by atoms with van der Waals surface area (Å²) in [4.78, 5) is 0. The summed E-state index contributed by atoms with van der Waals surface area (Å²) in [5, 5.41) is 9.97. The molecule has 0 spiro atoms. The highest BCUT2D eigenvalue weighted by Crippen LogP contribution is 2.31. The van der Waals surface area contributed by atoms with Crippen LogP contribution in [0.25, 0.3) is 0 Å². The Morgan fingerprint density at radius 2 is 2.29 bits per heavy atom. The van der Waals surface area contributed by atoms with Crippen LogP contribution in [0.15, 0.2) is 6.07 Å². The van der Waals surface area contributed by atoms with Gasteiger partial charge in [-0.2, -0.15) is 0 Å². The number of rotatable bonds is 4. The summed E-state index contributed by atoms with van der Waals surface area (Å²) in [6.45, 7) is 7.87. The van der Waals surface area contributed by atoms with Crippen LogP contribution >= 0.6 is 0 Å². The van der Waals surface area contributed by atoms with Gasteiger partial charge in [-0.3, -0.25) is 0 Å². The first-order chi connectivity index (χ1) is 8.09. The number of aromatic nitrogens is 1. The fraction of sp³-hybridized carbons (Fsp3) is 0.714. The molecule has 2 rings (SSSR count). The fourth-order valence-corrected chi connectivity index (χ4v) is 2.63. The van der Waals surface area contributed by atoms with Crippen LogP contribution in [0.2, 0.25) is 0 Å². The topological polar surface area (TPSA) is 34.4 Å². The average molecular weight is 237 g/mol. The van der Waals surface area contributed by atoms with Gasteiger partial charge in [0.15, 0.2) is 0 Å². The molecular weight excluding hydrogens is 214 g/mol. The number of aliphatic hydroxyl groups is 1. The van der Waals surface area contributed by atoms with E-state index in [0.29, 0.717) is 0 Å². The van der Waals surface area contributed by atoms with E-state index < -0.39 is 0 Å². The molecule has 0 saturated carbocycles. The van der Waals surface area contributed by atoms with Crippen molar-refractivity contribution in [1.29, 1.82) is 0 Å². The second-order valence-electron chi connectivity index (χ2n) is 5.17. The summed E-state index contributed by atoms with van der Waals surface area (Å²) < 4.78 is 7.91. The summed E-state index contributed by atoms with van der Waals surface area (Å²) in [6, 6.07) is 2.13. The Bertz CT molecular complexity index is 382. The van der Waals surface area contributed by atoms with Gasteiger partial charge in [0.25, 0.3) is 0 Å². The van der Waals surface area contributed by atoms with E-state index in [1.54, 1.807) is 0 Å². The minimum atomic E-state index is -0.260. The highest BCUT2D eigenvalue weighted by molar-refractivity contribution is 5.31. The van der Waals surface area contributed by atoms with Gasteiger partial charge in [0.2, 0.25) is 0 Å². The van der Waals surface area contributed by atoms with Crippen molar-refractivity contribution >= 4 is 0 Å². The van der Waals surface area contributed by atoms with Gasteiger partial charge in [-0.05, 0) is 46.1 Å². The van der Waals surface area contributed by atoms with Gasteiger partial charge >= 0.3 is 0 Å². The number of hydrogen-bond donors (Lipinski definition) is 1.